The van der Waals surface area contributed by atoms with Crippen molar-refractivity contribution in [2.45, 2.75) is 4.90 Å². The van der Waals surface area contributed by atoms with Gasteiger partial charge in [0.2, 0.25) is 0 Å². The molecule has 3 N–H and O–H groups in total. The maximum atomic E-state index is 11.6. The van der Waals surface area contributed by atoms with Crippen molar-refractivity contribution in [1.82, 2.24) is 20.2 Å². The number of benzene rings is 1. The van der Waals surface area contributed by atoms with Crippen LogP contribution >= 0.6 is 0 Å². The zero-order valence-corrected chi connectivity index (χ0v) is 11.3. The van der Waals surface area contributed by atoms with Gasteiger partial charge in [-0.25, -0.2) is 18.4 Å². The summed E-state index contributed by atoms with van der Waals surface area (Å²) >= 11 is 0. The van der Waals surface area contributed by atoms with Gasteiger partial charge in [0.05, 0.1) is 11.1 Å². The second-order valence-corrected chi connectivity index (χ2v) is 6.38. The number of aromatic amines is 1. The maximum Gasteiger partial charge on any atom is 0.175 e. The first-order valence-corrected chi connectivity index (χ1v) is 7.61. The van der Waals surface area contributed by atoms with E-state index in [1.165, 1.54) is 18.3 Å². The van der Waals surface area contributed by atoms with Gasteiger partial charge in [-0.3, -0.25) is 5.10 Å². The number of nitrogen functional groups attached to an aromatic ring is 1. The van der Waals surface area contributed by atoms with Gasteiger partial charge in [-0.1, -0.05) is 12.1 Å². The van der Waals surface area contributed by atoms with Gasteiger partial charge < -0.3 is 5.73 Å². The second-order valence-electron chi connectivity index (χ2n) is 4.36. The van der Waals surface area contributed by atoms with Gasteiger partial charge >= 0.3 is 0 Å². The molecule has 0 fully saturated rings. The van der Waals surface area contributed by atoms with E-state index < -0.39 is 9.84 Å². The molecule has 7 nitrogen and oxygen atoms in total. The zero-order valence-electron chi connectivity index (χ0n) is 10.5. The van der Waals surface area contributed by atoms with Crippen LogP contribution in [0, 0.1) is 0 Å². The van der Waals surface area contributed by atoms with Crippen molar-refractivity contribution in [3.05, 3.63) is 30.5 Å². The number of fused-ring (bicyclic) bond motifs is 1. The highest BCUT2D eigenvalue weighted by atomic mass is 32.2. The molecule has 2 aromatic heterocycles. The third kappa shape index (κ3) is 2.10. The molecule has 0 aliphatic heterocycles. The largest absolute Gasteiger partial charge is 0.382 e. The fraction of sp³-hybridized carbons (Fsp3) is 0.0833. The quantitative estimate of drug-likeness (QED) is 0.727. The summed E-state index contributed by atoms with van der Waals surface area (Å²) in [4.78, 5) is 8.69. The molecule has 0 unspecified atom stereocenters. The lowest BCUT2D eigenvalue weighted by atomic mass is 10.2. The van der Waals surface area contributed by atoms with Gasteiger partial charge in [0.1, 0.15) is 11.0 Å². The molecule has 0 spiro atoms. The molecule has 102 valence electrons. The molecular formula is C12H11N5O2S. The number of hydrogen-bond acceptors (Lipinski definition) is 6. The van der Waals surface area contributed by atoms with E-state index in [1.54, 1.807) is 12.1 Å². The van der Waals surface area contributed by atoms with E-state index in [9.17, 15) is 8.42 Å². The standard InChI is InChI=1S/C12H11N5O2S/c1-20(18,19)8-4-2-3-7(5-8)12-15-9-6-14-17-10(9)11(13)16-12/h2-6H,1H3,(H,14,17)(H2,13,15,16). The Hall–Kier alpha value is -2.48. The Morgan fingerprint density at radius 1 is 1.25 bits per heavy atom. The predicted molar refractivity (Wildman–Crippen MR) is 74.6 cm³/mol. The topological polar surface area (TPSA) is 115 Å². The summed E-state index contributed by atoms with van der Waals surface area (Å²) < 4.78 is 23.1. The summed E-state index contributed by atoms with van der Waals surface area (Å²) in [7, 11) is -3.28. The van der Waals surface area contributed by atoms with Crippen LogP contribution in [0.4, 0.5) is 5.82 Å². The smallest absolute Gasteiger partial charge is 0.175 e. The van der Waals surface area contributed by atoms with E-state index in [4.69, 9.17) is 5.73 Å². The average molecular weight is 289 g/mol. The Kier molecular flexibility index (Phi) is 2.68. The highest BCUT2D eigenvalue weighted by Crippen LogP contribution is 2.23. The van der Waals surface area contributed by atoms with E-state index in [0.717, 1.165) is 6.26 Å². The van der Waals surface area contributed by atoms with Crippen molar-refractivity contribution in [2.24, 2.45) is 0 Å². The number of anilines is 1. The first kappa shape index (κ1) is 12.5. The maximum absolute atomic E-state index is 11.6. The molecule has 0 saturated carbocycles. The van der Waals surface area contributed by atoms with Crippen LogP contribution < -0.4 is 5.73 Å². The molecule has 0 aliphatic rings. The number of nitrogens with one attached hydrogen (secondary N) is 1. The third-order valence-electron chi connectivity index (χ3n) is 2.85. The number of nitrogens with zero attached hydrogens (tertiary/aromatic N) is 3. The number of sulfone groups is 1. The Balaban J connectivity index is 2.20. The number of hydrogen-bond donors (Lipinski definition) is 2. The molecule has 0 atom stereocenters. The van der Waals surface area contributed by atoms with E-state index in [1.807, 2.05) is 0 Å². The third-order valence-corrected chi connectivity index (χ3v) is 3.96. The summed E-state index contributed by atoms with van der Waals surface area (Å²) in [5.41, 5.74) is 7.55. The minimum absolute atomic E-state index is 0.212. The van der Waals surface area contributed by atoms with Crippen LogP contribution in [0.25, 0.3) is 22.4 Å². The average Bonchev–Trinajstić information content (AvgIpc) is 2.87. The predicted octanol–water partition coefficient (Wildman–Crippen LogP) is 1.01. The van der Waals surface area contributed by atoms with Gasteiger partial charge in [-0.2, -0.15) is 5.10 Å². The van der Waals surface area contributed by atoms with Crippen molar-refractivity contribution in [3.8, 4) is 11.4 Å². The summed E-state index contributed by atoms with van der Waals surface area (Å²) in [6.45, 7) is 0. The second kappa shape index (κ2) is 4.27. The van der Waals surface area contributed by atoms with Crippen LogP contribution in [0.15, 0.2) is 35.4 Å². The Bertz CT molecular complexity index is 901. The first-order chi connectivity index (χ1) is 9.45. The first-order valence-electron chi connectivity index (χ1n) is 5.72. The minimum atomic E-state index is -3.28. The molecule has 0 aliphatic carbocycles. The van der Waals surface area contributed by atoms with Crippen LogP contribution in [0.3, 0.4) is 0 Å². The van der Waals surface area contributed by atoms with Crippen molar-refractivity contribution >= 4 is 26.7 Å². The summed E-state index contributed by atoms with van der Waals surface area (Å²) in [6.07, 6.45) is 2.69. The minimum Gasteiger partial charge on any atom is -0.382 e. The SMILES string of the molecule is CS(=O)(=O)c1cccc(-c2nc(N)c3[nH]ncc3n2)c1. The highest BCUT2D eigenvalue weighted by Gasteiger charge is 2.12. The van der Waals surface area contributed by atoms with Crippen LogP contribution in [0.5, 0.6) is 0 Å². The fourth-order valence-electron chi connectivity index (χ4n) is 1.86. The van der Waals surface area contributed by atoms with Crippen LogP contribution in [0.2, 0.25) is 0 Å². The molecule has 20 heavy (non-hydrogen) atoms. The molecule has 3 aromatic rings. The van der Waals surface area contributed by atoms with E-state index in [-0.39, 0.29) is 10.7 Å². The van der Waals surface area contributed by atoms with E-state index >= 15 is 0 Å². The summed E-state index contributed by atoms with van der Waals surface area (Å²) in [5, 5.41) is 6.56. The molecule has 0 bridgehead atoms. The Morgan fingerprint density at radius 3 is 2.80 bits per heavy atom. The highest BCUT2D eigenvalue weighted by molar-refractivity contribution is 7.90. The van der Waals surface area contributed by atoms with Crippen molar-refractivity contribution in [1.29, 1.82) is 0 Å². The normalized spacial score (nSPS) is 11.8. The molecule has 8 heteroatoms. The summed E-state index contributed by atoms with van der Waals surface area (Å²) in [5.74, 6) is 0.633. The van der Waals surface area contributed by atoms with Gasteiger partial charge in [-0.05, 0) is 12.1 Å². The number of H-pyrrole nitrogens is 1. The van der Waals surface area contributed by atoms with Gasteiger partial charge in [0.25, 0.3) is 0 Å². The molecule has 3 rings (SSSR count). The monoisotopic (exact) mass is 289 g/mol. The molecule has 0 radical (unpaired) electrons. The molecule has 0 amide bonds. The van der Waals surface area contributed by atoms with E-state index in [0.29, 0.717) is 22.4 Å². The van der Waals surface area contributed by atoms with Gasteiger partial charge in [0.15, 0.2) is 21.5 Å². The summed E-state index contributed by atoms with van der Waals surface area (Å²) in [6, 6.07) is 6.43. The Morgan fingerprint density at radius 2 is 2.05 bits per heavy atom. The lowest BCUT2D eigenvalue weighted by Crippen LogP contribution is -2.00. The molecule has 1 aromatic carbocycles. The van der Waals surface area contributed by atoms with Crippen molar-refractivity contribution < 1.29 is 8.42 Å². The Labute approximate surface area is 114 Å². The number of nitrogens with two attached hydrogens (primary N) is 1. The molecule has 0 saturated heterocycles. The fourth-order valence-corrected chi connectivity index (χ4v) is 2.52. The lowest BCUT2D eigenvalue weighted by Gasteiger charge is -2.04. The van der Waals surface area contributed by atoms with Gasteiger partial charge in [0, 0.05) is 11.8 Å². The van der Waals surface area contributed by atoms with Crippen LogP contribution in [0.1, 0.15) is 0 Å². The van der Waals surface area contributed by atoms with Crippen molar-refractivity contribution in [3.63, 3.8) is 0 Å². The van der Waals surface area contributed by atoms with E-state index in [2.05, 4.69) is 20.2 Å². The lowest BCUT2D eigenvalue weighted by molar-refractivity contribution is 0.602. The zero-order chi connectivity index (χ0) is 14.3. The number of rotatable bonds is 2. The van der Waals surface area contributed by atoms with Crippen molar-refractivity contribution in [2.75, 3.05) is 12.0 Å². The van der Waals surface area contributed by atoms with Gasteiger partial charge in [-0.15, -0.1) is 0 Å². The molecule has 2 heterocycles. The molecular weight excluding hydrogens is 278 g/mol. The number of aromatic nitrogens is 4. The van der Waals surface area contributed by atoms with Crippen LogP contribution in [-0.4, -0.2) is 34.8 Å². The van der Waals surface area contributed by atoms with Crippen LogP contribution in [-0.2, 0) is 9.84 Å².